The van der Waals surface area contributed by atoms with Crippen molar-refractivity contribution in [3.8, 4) is 0 Å². The van der Waals surface area contributed by atoms with Crippen molar-refractivity contribution < 1.29 is 5.11 Å². The number of piperidine rings is 1. The van der Waals surface area contributed by atoms with Crippen LogP contribution in [0.15, 0.2) is 24.3 Å². The molecule has 1 fully saturated rings. The summed E-state index contributed by atoms with van der Waals surface area (Å²) in [6.45, 7) is 6.18. The molecule has 0 bridgehead atoms. The van der Waals surface area contributed by atoms with Crippen molar-refractivity contribution in [1.82, 2.24) is 4.90 Å². The predicted octanol–water partition coefficient (Wildman–Crippen LogP) is 2.00. The van der Waals surface area contributed by atoms with Crippen molar-refractivity contribution in [2.24, 2.45) is 11.7 Å². The van der Waals surface area contributed by atoms with Gasteiger partial charge in [-0.15, -0.1) is 0 Å². The summed E-state index contributed by atoms with van der Waals surface area (Å²) >= 11 is 0. The average molecular weight is 276 g/mol. The van der Waals surface area contributed by atoms with E-state index in [0.29, 0.717) is 11.8 Å². The molecule has 1 aliphatic rings. The maximum atomic E-state index is 9.01. The lowest BCUT2D eigenvalue weighted by Gasteiger charge is -2.35. The fourth-order valence-corrected chi connectivity index (χ4v) is 3.32. The van der Waals surface area contributed by atoms with Crippen LogP contribution >= 0.6 is 0 Å². The topological polar surface area (TPSA) is 49.5 Å². The fourth-order valence-electron chi connectivity index (χ4n) is 3.32. The molecule has 0 aliphatic carbocycles. The van der Waals surface area contributed by atoms with E-state index in [4.69, 9.17) is 10.8 Å². The smallest absolute Gasteiger partial charge is 0.0558 e. The zero-order chi connectivity index (χ0) is 14.4. The minimum absolute atomic E-state index is 0.267. The zero-order valence-electron chi connectivity index (χ0n) is 12.6. The SMILES string of the molecule is CCc1ccc(C(CN)C2CCN(CCO)CC2)cc1. The summed E-state index contributed by atoms with van der Waals surface area (Å²) in [6.07, 6.45) is 3.47. The molecule has 0 saturated carbocycles. The molecule has 20 heavy (non-hydrogen) atoms. The second kappa shape index (κ2) is 7.77. The van der Waals surface area contributed by atoms with E-state index in [9.17, 15) is 0 Å². The molecule has 0 amide bonds. The van der Waals surface area contributed by atoms with Gasteiger partial charge in [0.1, 0.15) is 0 Å². The number of aryl methyl sites for hydroxylation is 1. The molecular formula is C17H28N2O. The molecule has 1 aromatic rings. The van der Waals surface area contributed by atoms with E-state index < -0.39 is 0 Å². The highest BCUT2D eigenvalue weighted by atomic mass is 16.3. The number of rotatable bonds is 6. The van der Waals surface area contributed by atoms with Gasteiger partial charge < -0.3 is 15.7 Å². The highest BCUT2D eigenvalue weighted by Gasteiger charge is 2.26. The molecule has 1 atom stereocenters. The molecule has 1 heterocycles. The molecule has 0 radical (unpaired) electrons. The molecule has 3 N–H and O–H groups in total. The highest BCUT2D eigenvalue weighted by Crippen LogP contribution is 2.32. The second-order valence-electron chi connectivity index (χ2n) is 5.84. The van der Waals surface area contributed by atoms with Crippen molar-refractivity contribution in [1.29, 1.82) is 0 Å². The van der Waals surface area contributed by atoms with Gasteiger partial charge in [-0.05, 0) is 61.9 Å². The Balaban J connectivity index is 1.97. The van der Waals surface area contributed by atoms with E-state index in [2.05, 4.69) is 36.1 Å². The van der Waals surface area contributed by atoms with Gasteiger partial charge in [-0.1, -0.05) is 31.2 Å². The maximum absolute atomic E-state index is 9.01. The molecule has 0 spiro atoms. The van der Waals surface area contributed by atoms with E-state index >= 15 is 0 Å². The standard InChI is InChI=1S/C17H28N2O/c1-2-14-3-5-15(6-4-14)17(13-18)16-7-9-19(10-8-16)11-12-20/h3-6,16-17,20H,2,7-13,18H2,1H3. The Morgan fingerprint density at radius 2 is 1.90 bits per heavy atom. The highest BCUT2D eigenvalue weighted by molar-refractivity contribution is 5.26. The average Bonchev–Trinajstić information content (AvgIpc) is 2.51. The summed E-state index contributed by atoms with van der Waals surface area (Å²) in [4.78, 5) is 2.35. The van der Waals surface area contributed by atoms with Crippen molar-refractivity contribution in [3.63, 3.8) is 0 Å². The third kappa shape index (κ3) is 3.81. The van der Waals surface area contributed by atoms with E-state index in [0.717, 1.165) is 32.6 Å². The van der Waals surface area contributed by atoms with Gasteiger partial charge in [0.2, 0.25) is 0 Å². The van der Waals surface area contributed by atoms with Crippen LogP contribution in [0.3, 0.4) is 0 Å². The third-order valence-electron chi connectivity index (χ3n) is 4.69. The molecule has 112 valence electrons. The maximum Gasteiger partial charge on any atom is 0.0558 e. The van der Waals surface area contributed by atoms with Gasteiger partial charge in [0.15, 0.2) is 0 Å². The molecule has 1 aromatic carbocycles. The summed E-state index contributed by atoms with van der Waals surface area (Å²) in [5.41, 5.74) is 8.83. The number of hydrogen-bond donors (Lipinski definition) is 2. The van der Waals surface area contributed by atoms with Gasteiger partial charge in [-0.3, -0.25) is 0 Å². The molecule has 2 rings (SSSR count). The minimum Gasteiger partial charge on any atom is -0.395 e. The lowest BCUT2D eigenvalue weighted by molar-refractivity contribution is 0.138. The Labute approximate surface area is 122 Å². The lowest BCUT2D eigenvalue weighted by atomic mass is 9.80. The summed E-state index contributed by atoms with van der Waals surface area (Å²) in [5.74, 6) is 1.17. The van der Waals surface area contributed by atoms with Crippen LogP contribution in [0.5, 0.6) is 0 Å². The van der Waals surface area contributed by atoms with E-state index in [-0.39, 0.29) is 6.61 Å². The first-order valence-electron chi connectivity index (χ1n) is 7.90. The van der Waals surface area contributed by atoms with Gasteiger partial charge in [0.05, 0.1) is 6.61 Å². The Bertz CT molecular complexity index is 382. The minimum atomic E-state index is 0.267. The number of nitrogens with two attached hydrogens (primary N) is 1. The van der Waals surface area contributed by atoms with Gasteiger partial charge >= 0.3 is 0 Å². The third-order valence-corrected chi connectivity index (χ3v) is 4.69. The van der Waals surface area contributed by atoms with Crippen molar-refractivity contribution >= 4 is 0 Å². The number of likely N-dealkylation sites (tertiary alicyclic amines) is 1. The Morgan fingerprint density at radius 1 is 1.25 bits per heavy atom. The van der Waals surface area contributed by atoms with Gasteiger partial charge in [0.25, 0.3) is 0 Å². The summed E-state index contributed by atoms with van der Waals surface area (Å²) in [5, 5.41) is 9.01. The van der Waals surface area contributed by atoms with Crippen LogP contribution in [-0.4, -0.2) is 42.8 Å². The molecule has 3 heteroatoms. The molecule has 1 aliphatic heterocycles. The van der Waals surface area contributed by atoms with Crippen LogP contribution in [0.4, 0.5) is 0 Å². The second-order valence-corrected chi connectivity index (χ2v) is 5.84. The first-order valence-corrected chi connectivity index (χ1v) is 7.90. The van der Waals surface area contributed by atoms with Gasteiger partial charge in [-0.2, -0.15) is 0 Å². The van der Waals surface area contributed by atoms with E-state index in [1.54, 1.807) is 0 Å². The summed E-state index contributed by atoms with van der Waals surface area (Å²) in [6, 6.07) is 8.99. The number of hydrogen-bond acceptors (Lipinski definition) is 3. The van der Waals surface area contributed by atoms with Crippen LogP contribution in [0.2, 0.25) is 0 Å². The quantitative estimate of drug-likeness (QED) is 0.835. The first kappa shape index (κ1) is 15.5. The largest absolute Gasteiger partial charge is 0.395 e. The summed E-state index contributed by atoms with van der Waals surface area (Å²) in [7, 11) is 0. The number of aliphatic hydroxyl groups is 1. The molecule has 1 saturated heterocycles. The van der Waals surface area contributed by atoms with Crippen LogP contribution in [0.25, 0.3) is 0 Å². The Hall–Kier alpha value is -0.900. The van der Waals surface area contributed by atoms with Crippen molar-refractivity contribution in [2.75, 3.05) is 32.8 Å². The monoisotopic (exact) mass is 276 g/mol. The molecule has 3 nitrogen and oxygen atoms in total. The Kier molecular flexibility index (Phi) is 6.02. The van der Waals surface area contributed by atoms with Gasteiger partial charge in [-0.25, -0.2) is 0 Å². The Morgan fingerprint density at radius 3 is 2.40 bits per heavy atom. The number of β-amino-alcohol motifs (C(OH)–C–C–N with tert-alkyl or cyclic N) is 1. The van der Waals surface area contributed by atoms with Gasteiger partial charge in [0, 0.05) is 6.54 Å². The first-order chi connectivity index (χ1) is 9.78. The van der Waals surface area contributed by atoms with E-state index in [1.165, 1.54) is 24.0 Å². The predicted molar refractivity (Wildman–Crippen MR) is 83.9 cm³/mol. The van der Waals surface area contributed by atoms with Crippen LogP contribution in [-0.2, 0) is 6.42 Å². The summed E-state index contributed by atoms with van der Waals surface area (Å²) < 4.78 is 0. The fraction of sp³-hybridized carbons (Fsp3) is 0.647. The van der Waals surface area contributed by atoms with E-state index in [1.807, 2.05) is 0 Å². The number of nitrogens with zero attached hydrogens (tertiary/aromatic N) is 1. The van der Waals surface area contributed by atoms with Crippen molar-refractivity contribution in [3.05, 3.63) is 35.4 Å². The zero-order valence-corrected chi connectivity index (χ0v) is 12.6. The van der Waals surface area contributed by atoms with Crippen LogP contribution in [0, 0.1) is 5.92 Å². The molecular weight excluding hydrogens is 248 g/mol. The van der Waals surface area contributed by atoms with Crippen molar-refractivity contribution in [2.45, 2.75) is 32.1 Å². The normalized spacial score (nSPS) is 19.1. The lowest BCUT2D eigenvalue weighted by Crippen LogP contribution is -2.38. The van der Waals surface area contributed by atoms with Crippen LogP contribution in [0.1, 0.15) is 36.8 Å². The number of aliphatic hydroxyl groups excluding tert-OH is 1. The van der Waals surface area contributed by atoms with Crippen LogP contribution < -0.4 is 5.73 Å². The molecule has 1 unspecified atom stereocenters. The number of benzene rings is 1. The molecule has 0 aromatic heterocycles.